The van der Waals surface area contributed by atoms with Gasteiger partial charge in [0.15, 0.2) is 0 Å². The van der Waals surface area contributed by atoms with Crippen molar-refractivity contribution in [1.29, 1.82) is 0 Å². The van der Waals surface area contributed by atoms with Crippen LogP contribution in [0.15, 0.2) is 42.5 Å². The quantitative estimate of drug-likeness (QED) is 0.435. The number of benzene rings is 2. The maximum absolute atomic E-state index is 13.5. The van der Waals surface area contributed by atoms with E-state index in [1.54, 1.807) is 33.2 Å². The molecule has 1 amide bonds. The number of carbonyl (C=O) groups is 2. The van der Waals surface area contributed by atoms with Crippen molar-refractivity contribution in [2.45, 2.75) is 32.2 Å². The third kappa shape index (κ3) is 5.93. The highest BCUT2D eigenvalue weighted by Crippen LogP contribution is 2.49. The highest BCUT2D eigenvalue weighted by Gasteiger charge is 2.49. The summed E-state index contributed by atoms with van der Waals surface area (Å²) in [4.78, 5) is 30.4. The summed E-state index contributed by atoms with van der Waals surface area (Å²) in [6.07, 6.45) is 0.876. The minimum atomic E-state index is -0.537. The first-order chi connectivity index (χ1) is 17.4. The van der Waals surface area contributed by atoms with Crippen molar-refractivity contribution in [3.63, 3.8) is 0 Å². The van der Waals surface area contributed by atoms with Gasteiger partial charge in [-0.1, -0.05) is 25.1 Å². The van der Waals surface area contributed by atoms with Crippen LogP contribution in [0, 0.1) is 5.92 Å². The number of likely N-dealkylation sites (N-methyl/N-ethyl adjacent to an activating group) is 1. The van der Waals surface area contributed by atoms with Crippen molar-refractivity contribution < 1.29 is 28.5 Å². The van der Waals surface area contributed by atoms with E-state index in [1.165, 1.54) is 0 Å². The predicted octanol–water partition coefficient (Wildman–Crippen LogP) is 3.90. The average molecular weight is 499 g/mol. The highest BCUT2D eigenvalue weighted by atomic mass is 16.5. The third-order valence-electron chi connectivity index (χ3n) is 6.78. The van der Waals surface area contributed by atoms with E-state index in [0.29, 0.717) is 24.6 Å². The Hall–Kier alpha value is -3.26. The molecule has 0 aromatic heterocycles. The Balaban J connectivity index is 2.10. The molecule has 3 rings (SSSR count). The number of nitrogens with zero attached hydrogens (tertiary/aromatic N) is 2. The predicted molar refractivity (Wildman–Crippen MR) is 138 cm³/mol. The number of hydrogen-bond donors (Lipinski definition) is 0. The molecule has 8 heteroatoms. The summed E-state index contributed by atoms with van der Waals surface area (Å²) in [5, 5.41) is 0. The second-order valence-corrected chi connectivity index (χ2v) is 8.95. The van der Waals surface area contributed by atoms with Crippen molar-refractivity contribution in [1.82, 2.24) is 9.80 Å². The molecule has 36 heavy (non-hydrogen) atoms. The summed E-state index contributed by atoms with van der Waals surface area (Å²) >= 11 is 0. The second-order valence-electron chi connectivity index (χ2n) is 8.95. The van der Waals surface area contributed by atoms with Gasteiger partial charge in [-0.05, 0) is 42.7 Å². The van der Waals surface area contributed by atoms with E-state index >= 15 is 0 Å². The molecule has 0 radical (unpaired) electrons. The van der Waals surface area contributed by atoms with E-state index in [2.05, 4.69) is 4.90 Å². The first kappa shape index (κ1) is 27.3. The molecule has 2 aromatic carbocycles. The van der Waals surface area contributed by atoms with Crippen molar-refractivity contribution in [2.24, 2.45) is 5.92 Å². The molecule has 0 N–H and O–H groups in total. The van der Waals surface area contributed by atoms with Crippen LogP contribution < -0.4 is 14.2 Å². The molecule has 1 aliphatic rings. The fraction of sp³-hybridized carbons (Fsp3) is 0.500. The van der Waals surface area contributed by atoms with Gasteiger partial charge in [0, 0.05) is 38.2 Å². The number of amides is 1. The van der Waals surface area contributed by atoms with Gasteiger partial charge in [-0.2, -0.15) is 0 Å². The molecule has 196 valence electrons. The number of likely N-dealkylation sites (tertiary alicyclic amines) is 1. The van der Waals surface area contributed by atoms with E-state index in [9.17, 15) is 9.59 Å². The largest absolute Gasteiger partial charge is 0.497 e. The van der Waals surface area contributed by atoms with Gasteiger partial charge in [-0.25, -0.2) is 0 Å². The van der Waals surface area contributed by atoms with Gasteiger partial charge < -0.3 is 23.8 Å². The van der Waals surface area contributed by atoms with E-state index in [-0.39, 0.29) is 37.0 Å². The van der Waals surface area contributed by atoms with Gasteiger partial charge in [-0.15, -0.1) is 0 Å². The maximum atomic E-state index is 13.5. The molecule has 0 aliphatic carbocycles. The summed E-state index contributed by atoms with van der Waals surface area (Å²) in [7, 11) is 6.64. The lowest BCUT2D eigenvalue weighted by atomic mass is 9.82. The van der Waals surface area contributed by atoms with Crippen LogP contribution in [0.4, 0.5) is 0 Å². The molecule has 1 aliphatic heterocycles. The Morgan fingerprint density at radius 2 is 1.64 bits per heavy atom. The van der Waals surface area contributed by atoms with Crippen molar-refractivity contribution in [2.75, 3.05) is 54.6 Å². The van der Waals surface area contributed by atoms with Crippen LogP contribution in [0.2, 0.25) is 0 Å². The summed E-state index contributed by atoms with van der Waals surface area (Å²) in [6, 6.07) is 12.9. The molecule has 0 bridgehead atoms. The van der Waals surface area contributed by atoms with Crippen molar-refractivity contribution in [3.8, 4) is 17.2 Å². The number of esters is 1. The molecule has 1 heterocycles. The standard InChI is InChI=1S/C28H38N2O6/c1-7-15-29(3)25(31)18-30-17-23(22-14-13-21(34-5)16-24(22)35-6)26(28(32)36-8-2)27(30)19-9-11-20(33-4)12-10-19/h9-14,16,23,26-27H,7-8,15,17-18H2,1-6H3/t23-,26-,27+/m1/s1. The van der Waals surface area contributed by atoms with Crippen LogP contribution in [0.1, 0.15) is 43.4 Å². The topological polar surface area (TPSA) is 77.5 Å². The molecular formula is C28H38N2O6. The van der Waals surface area contributed by atoms with E-state index in [1.807, 2.05) is 56.4 Å². The Morgan fingerprint density at radius 1 is 0.972 bits per heavy atom. The van der Waals surface area contributed by atoms with Crippen LogP contribution in [0.5, 0.6) is 17.2 Å². The number of hydrogen-bond acceptors (Lipinski definition) is 7. The fourth-order valence-corrected chi connectivity index (χ4v) is 5.01. The van der Waals surface area contributed by atoms with Gasteiger partial charge in [0.25, 0.3) is 0 Å². The van der Waals surface area contributed by atoms with Crippen molar-refractivity contribution in [3.05, 3.63) is 53.6 Å². The molecule has 0 saturated carbocycles. The van der Waals surface area contributed by atoms with Crippen LogP contribution in [0.25, 0.3) is 0 Å². The zero-order chi connectivity index (χ0) is 26.2. The number of ether oxygens (including phenoxy) is 4. The minimum Gasteiger partial charge on any atom is -0.497 e. The molecule has 3 atom stereocenters. The molecular weight excluding hydrogens is 460 g/mol. The Labute approximate surface area is 214 Å². The van der Waals surface area contributed by atoms with Crippen LogP contribution in [-0.2, 0) is 14.3 Å². The molecule has 1 saturated heterocycles. The Kier molecular flexibility index (Phi) is 9.58. The summed E-state index contributed by atoms with van der Waals surface area (Å²) in [6.45, 7) is 5.49. The lowest BCUT2D eigenvalue weighted by Gasteiger charge is -2.29. The second kappa shape index (κ2) is 12.6. The zero-order valence-electron chi connectivity index (χ0n) is 22.2. The SMILES string of the molecule is CCCN(C)C(=O)CN1C[C@H](c2ccc(OC)cc2OC)[C@@H](C(=O)OCC)[C@@H]1c1ccc(OC)cc1. The van der Waals surface area contributed by atoms with Crippen LogP contribution in [0.3, 0.4) is 0 Å². The summed E-state index contributed by atoms with van der Waals surface area (Å²) < 4.78 is 22.0. The van der Waals surface area contributed by atoms with Gasteiger partial charge in [0.1, 0.15) is 17.2 Å². The van der Waals surface area contributed by atoms with E-state index in [4.69, 9.17) is 18.9 Å². The summed E-state index contributed by atoms with van der Waals surface area (Å²) in [5.41, 5.74) is 1.81. The smallest absolute Gasteiger partial charge is 0.311 e. The lowest BCUT2D eigenvalue weighted by molar-refractivity contribution is -0.149. The molecule has 0 unspecified atom stereocenters. The minimum absolute atomic E-state index is 0.0142. The van der Waals surface area contributed by atoms with Gasteiger partial charge in [0.2, 0.25) is 5.91 Å². The normalized spacial score (nSPS) is 19.6. The Morgan fingerprint density at radius 3 is 2.22 bits per heavy atom. The van der Waals surface area contributed by atoms with Gasteiger partial charge >= 0.3 is 5.97 Å². The molecule has 0 spiro atoms. The first-order valence-electron chi connectivity index (χ1n) is 12.4. The number of carbonyl (C=O) groups excluding carboxylic acids is 2. The zero-order valence-corrected chi connectivity index (χ0v) is 22.2. The van der Waals surface area contributed by atoms with Gasteiger partial charge in [-0.3, -0.25) is 14.5 Å². The third-order valence-corrected chi connectivity index (χ3v) is 6.78. The van der Waals surface area contributed by atoms with Crippen LogP contribution >= 0.6 is 0 Å². The Bertz CT molecular complexity index is 1030. The molecule has 1 fully saturated rings. The molecule has 2 aromatic rings. The number of rotatable bonds is 11. The monoisotopic (exact) mass is 498 g/mol. The van der Waals surface area contributed by atoms with Gasteiger partial charge in [0.05, 0.1) is 40.4 Å². The average Bonchev–Trinajstić information content (AvgIpc) is 3.27. The fourth-order valence-electron chi connectivity index (χ4n) is 5.01. The first-order valence-corrected chi connectivity index (χ1v) is 12.4. The lowest BCUT2D eigenvalue weighted by Crippen LogP contribution is -2.39. The van der Waals surface area contributed by atoms with E-state index in [0.717, 1.165) is 23.3 Å². The highest BCUT2D eigenvalue weighted by molar-refractivity contribution is 5.79. The summed E-state index contributed by atoms with van der Waals surface area (Å²) in [5.74, 6) is 0.965. The van der Waals surface area contributed by atoms with Crippen LogP contribution in [-0.4, -0.2) is 76.3 Å². The van der Waals surface area contributed by atoms with E-state index < -0.39 is 5.92 Å². The number of methoxy groups -OCH3 is 3. The van der Waals surface area contributed by atoms with Crippen molar-refractivity contribution >= 4 is 11.9 Å². The molecule has 8 nitrogen and oxygen atoms in total. The maximum Gasteiger partial charge on any atom is 0.311 e.